The zero-order chi connectivity index (χ0) is 11.2. The highest BCUT2D eigenvalue weighted by Gasteiger charge is 2.26. The Labute approximate surface area is 98.5 Å². The number of likely N-dealkylation sites (tertiary alicyclic amines) is 1. The van der Waals surface area contributed by atoms with Gasteiger partial charge in [-0.2, -0.15) is 0 Å². The lowest BCUT2D eigenvalue weighted by Crippen LogP contribution is -2.44. The molecule has 3 heteroatoms. The van der Waals surface area contributed by atoms with Crippen LogP contribution in [-0.4, -0.2) is 35.0 Å². The molecule has 1 N–H and O–H groups in total. The van der Waals surface area contributed by atoms with Crippen molar-refractivity contribution in [1.82, 2.24) is 4.90 Å². The van der Waals surface area contributed by atoms with Gasteiger partial charge < -0.3 is 5.21 Å². The van der Waals surface area contributed by atoms with Crippen LogP contribution < -0.4 is 0 Å². The molecule has 0 bridgehead atoms. The molecule has 2 aliphatic rings. The minimum Gasteiger partial charge on any atom is -0.411 e. The fourth-order valence-corrected chi connectivity index (χ4v) is 3.07. The number of nitrogens with zero attached hydrogens (tertiary/aromatic N) is 2. The van der Waals surface area contributed by atoms with Crippen LogP contribution in [0.4, 0.5) is 0 Å². The molecular formula is C13H24N2O. The van der Waals surface area contributed by atoms with Crippen molar-refractivity contribution in [3.05, 3.63) is 0 Å². The van der Waals surface area contributed by atoms with Gasteiger partial charge in [-0.3, -0.25) is 4.90 Å². The largest absolute Gasteiger partial charge is 0.411 e. The summed E-state index contributed by atoms with van der Waals surface area (Å²) in [6.07, 6.45) is 11.3. The van der Waals surface area contributed by atoms with Crippen molar-refractivity contribution in [2.24, 2.45) is 5.16 Å². The summed E-state index contributed by atoms with van der Waals surface area (Å²) in [5, 5.41) is 12.8. The Hall–Kier alpha value is -0.570. The minimum absolute atomic E-state index is 0.436. The first kappa shape index (κ1) is 11.9. The number of rotatable bonds is 1. The molecule has 0 aromatic heterocycles. The summed E-state index contributed by atoms with van der Waals surface area (Å²) in [6, 6.07) is 0.436. The lowest BCUT2D eigenvalue weighted by Gasteiger charge is -2.35. The van der Waals surface area contributed by atoms with E-state index in [9.17, 15) is 5.21 Å². The normalized spacial score (nSPS) is 32.2. The second kappa shape index (κ2) is 6.24. The van der Waals surface area contributed by atoms with E-state index in [4.69, 9.17) is 0 Å². The topological polar surface area (TPSA) is 35.8 Å². The first-order chi connectivity index (χ1) is 7.92. The van der Waals surface area contributed by atoms with Crippen LogP contribution in [-0.2, 0) is 0 Å². The molecule has 92 valence electrons. The van der Waals surface area contributed by atoms with E-state index in [0.29, 0.717) is 6.04 Å². The summed E-state index contributed by atoms with van der Waals surface area (Å²) in [7, 11) is 0. The van der Waals surface area contributed by atoms with Gasteiger partial charge >= 0.3 is 0 Å². The average molecular weight is 224 g/mol. The highest BCUT2D eigenvalue weighted by Crippen LogP contribution is 2.22. The summed E-state index contributed by atoms with van der Waals surface area (Å²) in [5.41, 5.74) is 1.04. The van der Waals surface area contributed by atoms with Gasteiger partial charge in [-0.15, -0.1) is 0 Å². The van der Waals surface area contributed by atoms with Crippen molar-refractivity contribution in [3.63, 3.8) is 0 Å². The van der Waals surface area contributed by atoms with Crippen molar-refractivity contribution in [2.75, 3.05) is 13.1 Å². The summed E-state index contributed by atoms with van der Waals surface area (Å²) in [4.78, 5) is 2.55. The van der Waals surface area contributed by atoms with E-state index >= 15 is 0 Å². The second-order valence-electron chi connectivity index (χ2n) is 5.16. The van der Waals surface area contributed by atoms with Gasteiger partial charge in [0, 0.05) is 0 Å². The number of oxime groups is 1. The molecule has 2 rings (SSSR count). The van der Waals surface area contributed by atoms with Crippen LogP contribution in [0, 0.1) is 0 Å². The third-order valence-corrected chi connectivity index (χ3v) is 4.00. The molecule has 0 amide bonds. The van der Waals surface area contributed by atoms with Crippen molar-refractivity contribution < 1.29 is 5.21 Å². The maximum absolute atomic E-state index is 9.17. The Balaban J connectivity index is 2.00. The van der Waals surface area contributed by atoms with Gasteiger partial charge in [0.1, 0.15) is 0 Å². The van der Waals surface area contributed by atoms with E-state index in [2.05, 4.69) is 10.1 Å². The molecule has 1 saturated carbocycles. The van der Waals surface area contributed by atoms with Crippen LogP contribution in [0.3, 0.4) is 0 Å². The van der Waals surface area contributed by atoms with Crippen molar-refractivity contribution in [3.8, 4) is 0 Å². The lowest BCUT2D eigenvalue weighted by molar-refractivity contribution is 0.184. The minimum atomic E-state index is 0.436. The summed E-state index contributed by atoms with van der Waals surface area (Å²) in [6.45, 7) is 2.40. The molecule has 0 aromatic rings. The van der Waals surface area contributed by atoms with E-state index in [-0.39, 0.29) is 0 Å². The molecule has 2 fully saturated rings. The molecule has 1 unspecified atom stereocenters. The Bertz CT molecular complexity index is 234. The summed E-state index contributed by atoms with van der Waals surface area (Å²) < 4.78 is 0. The molecule has 1 aliphatic heterocycles. The Kier molecular flexibility index (Phi) is 4.64. The molecule has 0 aromatic carbocycles. The Morgan fingerprint density at radius 1 is 0.938 bits per heavy atom. The van der Waals surface area contributed by atoms with Crippen molar-refractivity contribution in [2.45, 2.75) is 63.8 Å². The maximum atomic E-state index is 9.17. The molecule has 1 saturated heterocycles. The van der Waals surface area contributed by atoms with E-state index in [0.717, 1.165) is 12.1 Å². The van der Waals surface area contributed by atoms with Crippen molar-refractivity contribution in [1.29, 1.82) is 0 Å². The monoisotopic (exact) mass is 224 g/mol. The second-order valence-corrected chi connectivity index (χ2v) is 5.16. The molecular weight excluding hydrogens is 200 g/mol. The highest BCUT2D eigenvalue weighted by molar-refractivity contribution is 5.89. The molecule has 1 aliphatic carbocycles. The van der Waals surface area contributed by atoms with Crippen LogP contribution in [0.5, 0.6) is 0 Å². The lowest BCUT2D eigenvalue weighted by atomic mass is 9.92. The molecule has 1 atom stereocenters. The summed E-state index contributed by atoms with van der Waals surface area (Å²) in [5.74, 6) is 0. The predicted molar refractivity (Wildman–Crippen MR) is 66.1 cm³/mol. The molecule has 1 heterocycles. The quantitative estimate of drug-likeness (QED) is 0.549. The fourth-order valence-electron chi connectivity index (χ4n) is 3.07. The zero-order valence-corrected chi connectivity index (χ0v) is 10.2. The first-order valence-electron chi connectivity index (χ1n) is 6.86. The van der Waals surface area contributed by atoms with E-state index < -0.39 is 0 Å². The van der Waals surface area contributed by atoms with Crippen LogP contribution >= 0.6 is 0 Å². The average Bonchev–Trinajstić information content (AvgIpc) is 2.30. The third-order valence-electron chi connectivity index (χ3n) is 4.00. The Morgan fingerprint density at radius 2 is 1.62 bits per heavy atom. The van der Waals surface area contributed by atoms with Crippen LogP contribution in [0.2, 0.25) is 0 Å². The number of hydrogen-bond donors (Lipinski definition) is 1. The molecule has 0 radical (unpaired) electrons. The van der Waals surface area contributed by atoms with Gasteiger partial charge in [0.05, 0.1) is 11.8 Å². The molecule has 16 heavy (non-hydrogen) atoms. The zero-order valence-electron chi connectivity index (χ0n) is 10.2. The van der Waals surface area contributed by atoms with Gasteiger partial charge in [0.2, 0.25) is 0 Å². The number of piperidine rings is 1. The van der Waals surface area contributed by atoms with Gasteiger partial charge in [-0.1, -0.05) is 30.8 Å². The smallest absolute Gasteiger partial charge is 0.0742 e. The van der Waals surface area contributed by atoms with E-state index in [1.54, 1.807) is 0 Å². The van der Waals surface area contributed by atoms with E-state index in [1.807, 2.05) is 0 Å². The Morgan fingerprint density at radius 3 is 2.38 bits per heavy atom. The van der Waals surface area contributed by atoms with Gasteiger partial charge in [0.25, 0.3) is 0 Å². The number of hydrogen-bond acceptors (Lipinski definition) is 3. The highest BCUT2D eigenvalue weighted by atomic mass is 16.4. The first-order valence-corrected chi connectivity index (χ1v) is 6.86. The standard InChI is InChI=1S/C13H24N2O/c16-14-12-8-4-1-2-5-9-13(12)15-10-6-3-7-11-15/h13,16H,1-11H2. The third kappa shape index (κ3) is 2.97. The van der Waals surface area contributed by atoms with Crippen LogP contribution in [0.25, 0.3) is 0 Å². The maximum Gasteiger partial charge on any atom is 0.0742 e. The van der Waals surface area contributed by atoms with Crippen LogP contribution in [0.15, 0.2) is 5.16 Å². The van der Waals surface area contributed by atoms with E-state index in [1.165, 1.54) is 64.5 Å². The summed E-state index contributed by atoms with van der Waals surface area (Å²) >= 11 is 0. The molecule has 0 spiro atoms. The predicted octanol–water partition coefficient (Wildman–Crippen LogP) is 3.03. The van der Waals surface area contributed by atoms with Gasteiger partial charge in [-0.05, 0) is 45.2 Å². The SMILES string of the molecule is ON=C1CCCCCCC1N1CCCCC1. The van der Waals surface area contributed by atoms with Crippen LogP contribution in [0.1, 0.15) is 57.8 Å². The van der Waals surface area contributed by atoms with Gasteiger partial charge in [-0.25, -0.2) is 0 Å². The van der Waals surface area contributed by atoms with Crippen molar-refractivity contribution >= 4 is 5.71 Å². The fraction of sp³-hybridized carbons (Fsp3) is 0.923. The van der Waals surface area contributed by atoms with Gasteiger partial charge in [0.15, 0.2) is 0 Å². The molecule has 3 nitrogen and oxygen atoms in total.